The van der Waals surface area contributed by atoms with Crippen LogP contribution in [0.1, 0.15) is 26.3 Å². The molecule has 4 rings (SSSR count). The molecule has 31 heavy (non-hydrogen) atoms. The summed E-state index contributed by atoms with van der Waals surface area (Å²) in [5.41, 5.74) is 3.04. The van der Waals surface area contributed by atoms with Gasteiger partial charge in [0.1, 0.15) is 5.56 Å². The van der Waals surface area contributed by atoms with Gasteiger partial charge in [0.15, 0.2) is 0 Å². The average molecular weight is 434 g/mol. The van der Waals surface area contributed by atoms with Crippen molar-refractivity contribution in [1.29, 1.82) is 0 Å². The van der Waals surface area contributed by atoms with Gasteiger partial charge < -0.3 is 15.2 Å². The van der Waals surface area contributed by atoms with Crippen LogP contribution in [0, 0.1) is 6.92 Å². The highest BCUT2D eigenvalue weighted by molar-refractivity contribution is 7.99. The lowest BCUT2D eigenvalue weighted by Crippen LogP contribution is -2.37. The third-order valence-electron chi connectivity index (χ3n) is 5.26. The van der Waals surface area contributed by atoms with Crippen LogP contribution in [0.15, 0.2) is 65.5 Å². The Morgan fingerprint density at radius 2 is 1.74 bits per heavy atom. The number of nitrogens with zero attached hydrogens (tertiary/aromatic N) is 1. The number of aromatic amines is 1. The van der Waals surface area contributed by atoms with Gasteiger partial charge in [0.05, 0.1) is 0 Å². The number of benzene rings is 2. The smallest absolute Gasteiger partial charge is 0.261 e. The third-order valence-corrected chi connectivity index (χ3v) is 6.20. The molecule has 2 aromatic carbocycles. The van der Waals surface area contributed by atoms with Crippen molar-refractivity contribution in [3.63, 3.8) is 0 Å². The number of nitrogens with one attached hydrogen (secondary N) is 2. The van der Waals surface area contributed by atoms with Gasteiger partial charge in [0.2, 0.25) is 0 Å². The van der Waals surface area contributed by atoms with E-state index in [2.05, 4.69) is 10.3 Å². The average Bonchev–Trinajstić information content (AvgIpc) is 2.81. The molecule has 1 aliphatic heterocycles. The maximum absolute atomic E-state index is 12.7. The minimum atomic E-state index is -0.490. The van der Waals surface area contributed by atoms with Gasteiger partial charge in [-0.15, -0.1) is 0 Å². The summed E-state index contributed by atoms with van der Waals surface area (Å²) in [6, 6.07) is 17.9. The molecule has 2 N–H and O–H groups in total. The molecule has 0 saturated carbocycles. The maximum Gasteiger partial charge on any atom is 0.261 e. The van der Waals surface area contributed by atoms with E-state index >= 15 is 0 Å². The molecule has 2 heterocycles. The van der Waals surface area contributed by atoms with Gasteiger partial charge >= 0.3 is 0 Å². The molecule has 3 aromatic rings. The summed E-state index contributed by atoms with van der Waals surface area (Å²) in [5, 5.41) is 2.79. The van der Waals surface area contributed by atoms with Crippen LogP contribution in [0.25, 0.3) is 11.3 Å². The maximum atomic E-state index is 12.7. The van der Waals surface area contributed by atoms with Gasteiger partial charge in [-0.05, 0) is 48.4 Å². The van der Waals surface area contributed by atoms with E-state index in [0.29, 0.717) is 16.9 Å². The van der Waals surface area contributed by atoms with E-state index in [-0.39, 0.29) is 11.5 Å². The first-order valence-corrected chi connectivity index (χ1v) is 11.3. The fourth-order valence-electron chi connectivity index (χ4n) is 3.51. The first-order valence-electron chi connectivity index (χ1n) is 10.1. The number of aryl methyl sites for hydroxylation is 1. The van der Waals surface area contributed by atoms with Crippen LogP contribution in [-0.4, -0.2) is 46.3 Å². The normalized spacial score (nSPS) is 13.6. The van der Waals surface area contributed by atoms with Crippen molar-refractivity contribution in [3.05, 3.63) is 87.7 Å². The molecule has 158 valence electrons. The lowest BCUT2D eigenvalue weighted by molar-refractivity contribution is 0.0772. The molecule has 2 amide bonds. The summed E-state index contributed by atoms with van der Waals surface area (Å²) in [5.74, 6) is 1.43. The zero-order valence-electron chi connectivity index (χ0n) is 17.2. The zero-order valence-corrected chi connectivity index (χ0v) is 18.0. The van der Waals surface area contributed by atoms with Crippen LogP contribution in [-0.2, 0) is 0 Å². The van der Waals surface area contributed by atoms with Crippen molar-refractivity contribution in [2.24, 2.45) is 0 Å². The fraction of sp³-hybridized carbons (Fsp3) is 0.208. The molecule has 0 unspecified atom stereocenters. The SMILES string of the molecule is Cc1cc(C(=O)N2CCSCC2)ccc1NC(=O)c1ccc(-c2ccccc2)[nH]c1=O. The van der Waals surface area contributed by atoms with E-state index in [1.165, 1.54) is 6.07 Å². The number of carbonyl (C=O) groups excluding carboxylic acids is 2. The number of anilines is 1. The van der Waals surface area contributed by atoms with Crippen LogP contribution in [0.4, 0.5) is 5.69 Å². The molecule has 0 atom stereocenters. The highest BCUT2D eigenvalue weighted by atomic mass is 32.2. The molecule has 0 aliphatic carbocycles. The number of aromatic nitrogens is 1. The number of hydrogen-bond donors (Lipinski definition) is 2. The second-order valence-electron chi connectivity index (χ2n) is 7.37. The number of carbonyl (C=O) groups is 2. The lowest BCUT2D eigenvalue weighted by atomic mass is 10.1. The first-order chi connectivity index (χ1) is 15.0. The Hall–Kier alpha value is -3.32. The molecular weight excluding hydrogens is 410 g/mol. The predicted octanol–water partition coefficient (Wildman–Crippen LogP) is 3.79. The Labute approximate surface area is 184 Å². The van der Waals surface area contributed by atoms with Gasteiger partial charge in [-0.25, -0.2) is 0 Å². The largest absolute Gasteiger partial charge is 0.337 e. The van der Waals surface area contributed by atoms with Crippen molar-refractivity contribution in [2.45, 2.75) is 6.92 Å². The summed E-state index contributed by atoms with van der Waals surface area (Å²) in [6.07, 6.45) is 0. The molecule has 1 aromatic heterocycles. The van der Waals surface area contributed by atoms with Gasteiger partial charge in [-0.2, -0.15) is 11.8 Å². The minimum absolute atomic E-state index is 0.00854. The molecule has 1 fully saturated rings. The quantitative estimate of drug-likeness (QED) is 0.656. The van der Waals surface area contributed by atoms with E-state index in [9.17, 15) is 14.4 Å². The van der Waals surface area contributed by atoms with Crippen molar-refractivity contribution in [1.82, 2.24) is 9.88 Å². The minimum Gasteiger partial charge on any atom is -0.337 e. The molecule has 0 bridgehead atoms. The van der Waals surface area contributed by atoms with Crippen LogP contribution < -0.4 is 10.9 Å². The third kappa shape index (κ3) is 4.72. The zero-order chi connectivity index (χ0) is 21.8. The molecule has 1 aliphatic rings. The van der Waals surface area contributed by atoms with E-state index in [1.807, 2.05) is 53.9 Å². The Balaban J connectivity index is 1.49. The Morgan fingerprint density at radius 1 is 1.00 bits per heavy atom. The second kappa shape index (κ2) is 9.22. The fourth-order valence-corrected chi connectivity index (χ4v) is 4.42. The van der Waals surface area contributed by atoms with Crippen LogP contribution in [0.3, 0.4) is 0 Å². The molecule has 6 nitrogen and oxygen atoms in total. The van der Waals surface area contributed by atoms with Gasteiger partial charge in [-0.1, -0.05) is 30.3 Å². The summed E-state index contributed by atoms with van der Waals surface area (Å²) in [7, 11) is 0. The Morgan fingerprint density at radius 3 is 2.42 bits per heavy atom. The lowest BCUT2D eigenvalue weighted by Gasteiger charge is -2.26. The topological polar surface area (TPSA) is 82.3 Å². The van der Waals surface area contributed by atoms with Crippen LogP contribution in [0.2, 0.25) is 0 Å². The van der Waals surface area contributed by atoms with Crippen molar-refractivity contribution < 1.29 is 9.59 Å². The van der Waals surface area contributed by atoms with Gasteiger partial charge in [0.25, 0.3) is 17.4 Å². The Kier molecular flexibility index (Phi) is 6.23. The van der Waals surface area contributed by atoms with E-state index in [4.69, 9.17) is 0 Å². The predicted molar refractivity (Wildman–Crippen MR) is 125 cm³/mol. The number of thioether (sulfide) groups is 1. The number of H-pyrrole nitrogens is 1. The molecule has 0 radical (unpaired) electrons. The van der Waals surface area contributed by atoms with Crippen LogP contribution in [0.5, 0.6) is 0 Å². The van der Waals surface area contributed by atoms with Gasteiger partial charge in [-0.3, -0.25) is 14.4 Å². The molecular formula is C24H23N3O3S. The first kappa shape index (κ1) is 20.9. The van der Waals surface area contributed by atoms with Crippen LogP contribution >= 0.6 is 11.8 Å². The Bertz CT molecular complexity index is 1170. The molecule has 7 heteroatoms. The summed E-state index contributed by atoms with van der Waals surface area (Å²) >= 11 is 1.85. The van der Waals surface area contributed by atoms with Crippen molar-refractivity contribution in [3.8, 4) is 11.3 Å². The number of amides is 2. The van der Waals surface area contributed by atoms with E-state index < -0.39 is 11.5 Å². The number of hydrogen-bond acceptors (Lipinski definition) is 4. The van der Waals surface area contributed by atoms with Crippen molar-refractivity contribution >= 4 is 29.3 Å². The molecule has 0 spiro atoms. The second-order valence-corrected chi connectivity index (χ2v) is 8.59. The molecule has 1 saturated heterocycles. The standard InChI is InChI=1S/C24H23N3O3S/c1-16-15-18(24(30)27-11-13-31-14-12-27)7-9-20(16)25-22(28)19-8-10-21(26-23(19)29)17-5-3-2-4-6-17/h2-10,15H,11-14H2,1H3,(H,25,28)(H,26,29). The van der Waals surface area contributed by atoms with E-state index in [1.54, 1.807) is 24.3 Å². The summed E-state index contributed by atoms with van der Waals surface area (Å²) < 4.78 is 0. The summed E-state index contributed by atoms with van der Waals surface area (Å²) in [6.45, 7) is 3.34. The van der Waals surface area contributed by atoms with E-state index in [0.717, 1.165) is 35.7 Å². The highest BCUT2D eigenvalue weighted by Gasteiger charge is 2.19. The monoisotopic (exact) mass is 433 g/mol. The van der Waals surface area contributed by atoms with Gasteiger partial charge in [0, 0.05) is 41.5 Å². The van der Waals surface area contributed by atoms with Crippen molar-refractivity contribution in [2.75, 3.05) is 29.9 Å². The highest BCUT2D eigenvalue weighted by Crippen LogP contribution is 2.20. The number of pyridine rings is 1. The summed E-state index contributed by atoms with van der Waals surface area (Å²) in [4.78, 5) is 42.5. The number of rotatable bonds is 4.